The van der Waals surface area contributed by atoms with Gasteiger partial charge >= 0.3 is 0 Å². The van der Waals surface area contributed by atoms with Crippen molar-refractivity contribution in [1.29, 1.82) is 0 Å². The summed E-state index contributed by atoms with van der Waals surface area (Å²) in [4.78, 5) is 0. The predicted molar refractivity (Wildman–Crippen MR) is 62.7 cm³/mol. The number of nitrogen functional groups attached to an aromatic ring is 1. The SMILES string of the molecule is Nc1cccc(NCC2(CCO)CC2)c1. The van der Waals surface area contributed by atoms with Crippen molar-refractivity contribution in [2.24, 2.45) is 5.41 Å². The molecular weight excluding hydrogens is 188 g/mol. The fraction of sp³-hybridized carbons (Fsp3) is 0.500. The molecule has 0 aromatic heterocycles. The largest absolute Gasteiger partial charge is 0.399 e. The van der Waals surface area contributed by atoms with Gasteiger partial charge < -0.3 is 16.2 Å². The first-order valence-electron chi connectivity index (χ1n) is 5.44. The molecule has 0 radical (unpaired) electrons. The maximum absolute atomic E-state index is 8.94. The van der Waals surface area contributed by atoms with Crippen molar-refractivity contribution < 1.29 is 5.11 Å². The van der Waals surface area contributed by atoms with Crippen molar-refractivity contribution in [2.75, 3.05) is 24.2 Å². The Hall–Kier alpha value is -1.22. The first-order valence-corrected chi connectivity index (χ1v) is 5.44. The molecule has 0 bridgehead atoms. The summed E-state index contributed by atoms with van der Waals surface area (Å²) < 4.78 is 0. The van der Waals surface area contributed by atoms with Crippen LogP contribution in [-0.4, -0.2) is 18.3 Å². The number of benzene rings is 1. The molecule has 0 saturated heterocycles. The maximum Gasteiger partial charge on any atom is 0.0436 e. The Kier molecular flexibility index (Phi) is 2.82. The summed E-state index contributed by atoms with van der Waals surface area (Å²) in [7, 11) is 0. The molecule has 3 nitrogen and oxygen atoms in total. The van der Waals surface area contributed by atoms with Crippen LogP contribution < -0.4 is 11.1 Å². The molecule has 0 aliphatic heterocycles. The molecule has 15 heavy (non-hydrogen) atoms. The van der Waals surface area contributed by atoms with Crippen molar-refractivity contribution in [1.82, 2.24) is 0 Å². The van der Waals surface area contributed by atoms with E-state index in [4.69, 9.17) is 10.8 Å². The summed E-state index contributed by atoms with van der Waals surface area (Å²) in [5.74, 6) is 0. The lowest BCUT2D eigenvalue weighted by atomic mass is 10.0. The molecule has 82 valence electrons. The number of aliphatic hydroxyl groups excluding tert-OH is 1. The van der Waals surface area contributed by atoms with Gasteiger partial charge in [0.05, 0.1) is 0 Å². The highest BCUT2D eigenvalue weighted by atomic mass is 16.3. The quantitative estimate of drug-likeness (QED) is 0.644. The van der Waals surface area contributed by atoms with Crippen LogP contribution in [-0.2, 0) is 0 Å². The molecule has 1 saturated carbocycles. The Balaban J connectivity index is 1.88. The first-order chi connectivity index (χ1) is 7.24. The molecule has 0 spiro atoms. The average molecular weight is 206 g/mol. The fourth-order valence-corrected chi connectivity index (χ4v) is 1.87. The lowest BCUT2D eigenvalue weighted by Gasteiger charge is -2.15. The monoisotopic (exact) mass is 206 g/mol. The summed E-state index contributed by atoms with van der Waals surface area (Å²) in [6.07, 6.45) is 3.36. The Morgan fingerprint density at radius 2 is 2.20 bits per heavy atom. The first kappa shape index (κ1) is 10.3. The molecule has 1 aromatic carbocycles. The van der Waals surface area contributed by atoms with Gasteiger partial charge in [-0.05, 0) is 42.9 Å². The van der Waals surface area contributed by atoms with Gasteiger partial charge in [-0.15, -0.1) is 0 Å². The van der Waals surface area contributed by atoms with Gasteiger partial charge in [0.15, 0.2) is 0 Å². The van der Waals surface area contributed by atoms with Gasteiger partial charge in [0, 0.05) is 24.5 Å². The lowest BCUT2D eigenvalue weighted by molar-refractivity contribution is 0.253. The normalized spacial score (nSPS) is 17.4. The third-order valence-electron chi connectivity index (χ3n) is 3.15. The molecule has 2 rings (SSSR count). The molecule has 0 unspecified atom stereocenters. The highest BCUT2D eigenvalue weighted by Crippen LogP contribution is 2.48. The Labute approximate surface area is 90.3 Å². The minimum absolute atomic E-state index is 0.290. The van der Waals surface area contributed by atoms with E-state index in [9.17, 15) is 0 Å². The Morgan fingerprint density at radius 1 is 1.40 bits per heavy atom. The van der Waals surface area contributed by atoms with Crippen molar-refractivity contribution in [3.8, 4) is 0 Å². The Morgan fingerprint density at radius 3 is 2.80 bits per heavy atom. The minimum Gasteiger partial charge on any atom is -0.399 e. The number of nitrogens with one attached hydrogen (secondary N) is 1. The van der Waals surface area contributed by atoms with E-state index in [2.05, 4.69) is 5.32 Å². The van der Waals surface area contributed by atoms with Crippen LogP contribution in [0.15, 0.2) is 24.3 Å². The van der Waals surface area contributed by atoms with Crippen LogP contribution in [0.25, 0.3) is 0 Å². The van der Waals surface area contributed by atoms with E-state index in [-0.39, 0.29) is 0 Å². The van der Waals surface area contributed by atoms with E-state index in [1.165, 1.54) is 12.8 Å². The molecule has 4 N–H and O–H groups in total. The van der Waals surface area contributed by atoms with E-state index in [0.717, 1.165) is 24.3 Å². The molecule has 1 fully saturated rings. The van der Waals surface area contributed by atoms with Crippen molar-refractivity contribution in [2.45, 2.75) is 19.3 Å². The summed E-state index contributed by atoms with van der Waals surface area (Å²) in [5.41, 5.74) is 7.89. The van der Waals surface area contributed by atoms with Crippen LogP contribution in [0.2, 0.25) is 0 Å². The molecule has 0 heterocycles. The molecule has 0 amide bonds. The number of aliphatic hydroxyl groups is 1. The number of rotatable bonds is 5. The Bertz CT molecular complexity index is 334. The van der Waals surface area contributed by atoms with Gasteiger partial charge in [-0.25, -0.2) is 0 Å². The number of nitrogens with two attached hydrogens (primary N) is 1. The van der Waals surface area contributed by atoms with Gasteiger partial charge in [0.2, 0.25) is 0 Å². The molecule has 0 atom stereocenters. The highest BCUT2D eigenvalue weighted by molar-refractivity contribution is 5.54. The van der Waals surface area contributed by atoms with Crippen LogP contribution in [0.3, 0.4) is 0 Å². The number of anilines is 2. The van der Waals surface area contributed by atoms with Crippen molar-refractivity contribution >= 4 is 11.4 Å². The lowest BCUT2D eigenvalue weighted by Crippen LogP contribution is -2.16. The van der Waals surface area contributed by atoms with Crippen LogP contribution in [0, 0.1) is 5.41 Å². The summed E-state index contributed by atoms with van der Waals surface area (Å²) in [6, 6.07) is 7.79. The van der Waals surface area contributed by atoms with Gasteiger partial charge in [0.1, 0.15) is 0 Å². The van der Waals surface area contributed by atoms with Crippen LogP contribution >= 0.6 is 0 Å². The number of hydrogen-bond donors (Lipinski definition) is 3. The van der Waals surface area contributed by atoms with E-state index in [1.807, 2.05) is 24.3 Å². The zero-order valence-corrected chi connectivity index (χ0v) is 8.87. The minimum atomic E-state index is 0.290. The van der Waals surface area contributed by atoms with Gasteiger partial charge in [-0.3, -0.25) is 0 Å². The van der Waals surface area contributed by atoms with Crippen molar-refractivity contribution in [3.05, 3.63) is 24.3 Å². The van der Waals surface area contributed by atoms with Crippen LogP contribution in [0.4, 0.5) is 11.4 Å². The predicted octanol–water partition coefficient (Wildman–Crippen LogP) is 1.84. The second kappa shape index (κ2) is 4.11. The zero-order valence-electron chi connectivity index (χ0n) is 8.87. The zero-order chi connectivity index (χ0) is 10.7. The standard InChI is InChI=1S/C12H18N2O/c13-10-2-1-3-11(8-10)14-9-12(4-5-12)6-7-15/h1-3,8,14-15H,4-7,9,13H2. The smallest absolute Gasteiger partial charge is 0.0436 e. The van der Waals surface area contributed by atoms with E-state index < -0.39 is 0 Å². The topological polar surface area (TPSA) is 58.3 Å². The summed E-state index contributed by atoms with van der Waals surface area (Å²) in [5, 5.41) is 12.3. The summed E-state index contributed by atoms with van der Waals surface area (Å²) >= 11 is 0. The van der Waals surface area contributed by atoms with Crippen LogP contribution in [0.5, 0.6) is 0 Å². The molecule has 1 aromatic rings. The molecule has 3 heteroatoms. The number of hydrogen-bond acceptors (Lipinski definition) is 3. The highest BCUT2D eigenvalue weighted by Gasteiger charge is 2.41. The molecule has 1 aliphatic carbocycles. The maximum atomic E-state index is 8.94. The molecule has 1 aliphatic rings. The third-order valence-corrected chi connectivity index (χ3v) is 3.15. The van der Waals surface area contributed by atoms with Crippen LogP contribution in [0.1, 0.15) is 19.3 Å². The molecular formula is C12H18N2O. The van der Waals surface area contributed by atoms with Gasteiger partial charge in [0.25, 0.3) is 0 Å². The van der Waals surface area contributed by atoms with E-state index in [0.29, 0.717) is 12.0 Å². The summed E-state index contributed by atoms with van der Waals surface area (Å²) in [6.45, 7) is 1.23. The second-order valence-electron chi connectivity index (χ2n) is 4.45. The van der Waals surface area contributed by atoms with E-state index >= 15 is 0 Å². The van der Waals surface area contributed by atoms with E-state index in [1.54, 1.807) is 0 Å². The van der Waals surface area contributed by atoms with Gasteiger partial charge in [-0.1, -0.05) is 6.07 Å². The average Bonchev–Trinajstić information content (AvgIpc) is 2.97. The fourth-order valence-electron chi connectivity index (χ4n) is 1.87. The third kappa shape index (κ3) is 2.63. The van der Waals surface area contributed by atoms with Crippen molar-refractivity contribution in [3.63, 3.8) is 0 Å². The van der Waals surface area contributed by atoms with Gasteiger partial charge in [-0.2, -0.15) is 0 Å². The second-order valence-corrected chi connectivity index (χ2v) is 4.45.